The van der Waals surface area contributed by atoms with Crippen LogP contribution < -0.4 is 11.5 Å². The quantitative estimate of drug-likeness (QED) is 0.767. The van der Waals surface area contributed by atoms with Crippen molar-refractivity contribution in [2.75, 3.05) is 11.5 Å². The molecule has 2 rings (SSSR count). The molecule has 0 atom stereocenters. The maximum atomic E-state index is 6.16. The summed E-state index contributed by atoms with van der Waals surface area (Å²) in [5, 5.41) is 0. The van der Waals surface area contributed by atoms with Crippen molar-refractivity contribution in [3.8, 4) is 11.1 Å². The summed E-state index contributed by atoms with van der Waals surface area (Å²) in [5.41, 5.74) is 18.5. The Hall–Kier alpha value is -1.67. The smallest absolute Gasteiger partial charge is 0.0394 e. The van der Waals surface area contributed by atoms with Crippen LogP contribution in [0.3, 0.4) is 0 Å². The zero-order chi connectivity index (χ0) is 14.9. The standard InChI is InChI=1S/C18H24N2.ClH/c1-11(2)13-5-7-17(19)15(9-13)16-10-14(12(3)4)6-8-18(16)20;/h5-12H,19-20H2,1-4H3;1H. The maximum absolute atomic E-state index is 6.16. The summed E-state index contributed by atoms with van der Waals surface area (Å²) in [6.07, 6.45) is 0. The molecule has 21 heavy (non-hydrogen) atoms. The van der Waals surface area contributed by atoms with Crippen LogP contribution in [0.2, 0.25) is 0 Å². The molecule has 0 fully saturated rings. The highest BCUT2D eigenvalue weighted by Crippen LogP contribution is 2.35. The van der Waals surface area contributed by atoms with Crippen LogP contribution in [0.25, 0.3) is 11.1 Å². The largest absolute Gasteiger partial charge is 0.398 e. The van der Waals surface area contributed by atoms with E-state index in [1.54, 1.807) is 0 Å². The highest BCUT2D eigenvalue weighted by molar-refractivity contribution is 5.85. The van der Waals surface area contributed by atoms with Gasteiger partial charge in [-0.25, -0.2) is 0 Å². The monoisotopic (exact) mass is 304 g/mol. The molecule has 0 aliphatic heterocycles. The maximum Gasteiger partial charge on any atom is 0.0394 e. The average molecular weight is 305 g/mol. The molecule has 114 valence electrons. The van der Waals surface area contributed by atoms with Crippen molar-refractivity contribution in [3.63, 3.8) is 0 Å². The first-order valence-corrected chi connectivity index (χ1v) is 7.19. The van der Waals surface area contributed by atoms with Crippen molar-refractivity contribution < 1.29 is 0 Å². The second kappa shape index (κ2) is 6.86. The summed E-state index contributed by atoms with van der Waals surface area (Å²) in [7, 11) is 0. The van der Waals surface area contributed by atoms with E-state index in [0.717, 1.165) is 22.5 Å². The van der Waals surface area contributed by atoms with E-state index in [1.807, 2.05) is 12.1 Å². The fourth-order valence-corrected chi connectivity index (χ4v) is 2.33. The van der Waals surface area contributed by atoms with Crippen LogP contribution in [-0.4, -0.2) is 0 Å². The minimum atomic E-state index is 0. The number of benzene rings is 2. The molecule has 0 saturated heterocycles. The first-order valence-electron chi connectivity index (χ1n) is 7.19. The van der Waals surface area contributed by atoms with Crippen molar-refractivity contribution in [2.24, 2.45) is 0 Å². The molecular formula is C18H25ClN2. The zero-order valence-corrected chi connectivity index (χ0v) is 14.0. The number of anilines is 2. The molecule has 0 saturated carbocycles. The third-order valence-electron chi connectivity index (χ3n) is 3.78. The normalized spacial score (nSPS) is 10.8. The summed E-state index contributed by atoms with van der Waals surface area (Å²) in [6, 6.07) is 12.5. The highest BCUT2D eigenvalue weighted by atomic mass is 35.5. The van der Waals surface area contributed by atoms with Crippen molar-refractivity contribution in [3.05, 3.63) is 47.5 Å². The number of rotatable bonds is 3. The summed E-state index contributed by atoms with van der Waals surface area (Å²) >= 11 is 0. The molecule has 0 heterocycles. The van der Waals surface area contributed by atoms with Gasteiger partial charge < -0.3 is 11.5 Å². The van der Waals surface area contributed by atoms with Crippen LogP contribution in [0, 0.1) is 0 Å². The molecule has 0 spiro atoms. The van der Waals surface area contributed by atoms with Crippen molar-refractivity contribution in [1.82, 2.24) is 0 Å². The predicted octanol–water partition coefficient (Wildman–Crippen LogP) is 5.19. The minimum absolute atomic E-state index is 0. The highest BCUT2D eigenvalue weighted by Gasteiger charge is 2.11. The number of nitrogen functional groups attached to an aromatic ring is 2. The first-order chi connectivity index (χ1) is 9.40. The third-order valence-corrected chi connectivity index (χ3v) is 3.78. The van der Waals surface area contributed by atoms with Gasteiger partial charge in [0.2, 0.25) is 0 Å². The Bertz CT molecular complexity index is 563. The number of hydrogen-bond acceptors (Lipinski definition) is 2. The van der Waals surface area contributed by atoms with Gasteiger partial charge in [0.25, 0.3) is 0 Å². The van der Waals surface area contributed by atoms with E-state index < -0.39 is 0 Å². The summed E-state index contributed by atoms with van der Waals surface area (Å²) in [5.74, 6) is 0.952. The van der Waals surface area contributed by atoms with Crippen LogP contribution in [0.1, 0.15) is 50.7 Å². The lowest BCUT2D eigenvalue weighted by Gasteiger charge is -2.15. The van der Waals surface area contributed by atoms with E-state index in [1.165, 1.54) is 11.1 Å². The van der Waals surface area contributed by atoms with Gasteiger partial charge in [0.15, 0.2) is 0 Å². The second-order valence-electron chi connectivity index (χ2n) is 6.00. The van der Waals surface area contributed by atoms with E-state index in [2.05, 4.69) is 52.0 Å². The van der Waals surface area contributed by atoms with Crippen LogP contribution in [0.5, 0.6) is 0 Å². The molecule has 0 amide bonds. The SMILES string of the molecule is CC(C)c1ccc(N)c(-c2cc(C(C)C)ccc2N)c1.Cl. The third kappa shape index (κ3) is 3.70. The molecule has 0 aromatic heterocycles. The molecule has 0 unspecified atom stereocenters. The van der Waals surface area contributed by atoms with E-state index in [0.29, 0.717) is 11.8 Å². The summed E-state index contributed by atoms with van der Waals surface area (Å²) in [4.78, 5) is 0. The Morgan fingerprint density at radius 1 is 0.667 bits per heavy atom. The predicted molar refractivity (Wildman–Crippen MR) is 96.1 cm³/mol. The van der Waals surface area contributed by atoms with Crippen molar-refractivity contribution >= 4 is 23.8 Å². The Morgan fingerprint density at radius 3 is 1.29 bits per heavy atom. The molecule has 0 radical (unpaired) electrons. The van der Waals surface area contributed by atoms with Crippen LogP contribution in [0.15, 0.2) is 36.4 Å². The van der Waals surface area contributed by atoms with Gasteiger partial charge in [0, 0.05) is 22.5 Å². The Kier molecular flexibility index (Phi) is 5.68. The van der Waals surface area contributed by atoms with E-state index in [4.69, 9.17) is 11.5 Å². The molecule has 0 aliphatic carbocycles. The topological polar surface area (TPSA) is 52.0 Å². The van der Waals surface area contributed by atoms with Gasteiger partial charge in [-0.15, -0.1) is 12.4 Å². The van der Waals surface area contributed by atoms with Gasteiger partial charge in [0.1, 0.15) is 0 Å². The van der Waals surface area contributed by atoms with E-state index in [9.17, 15) is 0 Å². The Morgan fingerprint density at radius 2 is 1.00 bits per heavy atom. The Balaban J connectivity index is 0.00000220. The van der Waals surface area contributed by atoms with E-state index >= 15 is 0 Å². The first kappa shape index (κ1) is 17.4. The number of nitrogens with two attached hydrogens (primary N) is 2. The van der Waals surface area contributed by atoms with Crippen LogP contribution in [-0.2, 0) is 0 Å². The minimum Gasteiger partial charge on any atom is -0.398 e. The van der Waals surface area contributed by atoms with Gasteiger partial charge in [-0.3, -0.25) is 0 Å². The van der Waals surface area contributed by atoms with E-state index in [-0.39, 0.29) is 12.4 Å². The fraction of sp³-hybridized carbons (Fsp3) is 0.333. The molecule has 4 N–H and O–H groups in total. The molecule has 2 nitrogen and oxygen atoms in total. The lowest BCUT2D eigenvalue weighted by atomic mass is 9.92. The lowest BCUT2D eigenvalue weighted by Crippen LogP contribution is -1.99. The molecule has 0 aliphatic rings. The van der Waals surface area contributed by atoms with Gasteiger partial charge in [0.05, 0.1) is 0 Å². The summed E-state index contributed by atoms with van der Waals surface area (Å²) in [6.45, 7) is 8.73. The number of halogens is 1. The fourth-order valence-electron chi connectivity index (χ4n) is 2.33. The van der Waals surface area contributed by atoms with Gasteiger partial charge in [-0.1, -0.05) is 39.8 Å². The second-order valence-corrected chi connectivity index (χ2v) is 6.00. The molecule has 0 bridgehead atoms. The van der Waals surface area contributed by atoms with Crippen molar-refractivity contribution in [2.45, 2.75) is 39.5 Å². The van der Waals surface area contributed by atoms with Crippen molar-refractivity contribution in [1.29, 1.82) is 0 Å². The zero-order valence-electron chi connectivity index (χ0n) is 13.2. The molecule has 2 aromatic rings. The van der Waals surface area contributed by atoms with Gasteiger partial charge in [-0.05, 0) is 47.2 Å². The molecular weight excluding hydrogens is 280 g/mol. The Labute approximate surface area is 134 Å². The van der Waals surface area contributed by atoms with Crippen LogP contribution >= 0.6 is 12.4 Å². The number of hydrogen-bond donors (Lipinski definition) is 2. The van der Waals surface area contributed by atoms with Gasteiger partial charge >= 0.3 is 0 Å². The van der Waals surface area contributed by atoms with Gasteiger partial charge in [-0.2, -0.15) is 0 Å². The average Bonchev–Trinajstić information content (AvgIpc) is 2.39. The molecule has 2 aromatic carbocycles. The summed E-state index contributed by atoms with van der Waals surface area (Å²) < 4.78 is 0. The lowest BCUT2D eigenvalue weighted by molar-refractivity contribution is 0.865. The molecule has 3 heteroatoms. The van der Waals surface area contributed by atoms with Crippen LogP contribution in [0.4, 0.5) is 11.4 Å².